The van der Waals surface area contributed by atoms with Gasteiger partial charge in [0.05, 0.1) is 13.0 Å². The molecule has 0 unspecified atom stereocenters. The van der Waals surface area contributed by atoms with Crippen LogP contribution in [0.5, 0.6) is 0 Å². The fraction of sp³-hybridized carbons (Fsp3) is 0.125. The van der Waals surface area contributed by atoms with Crippen LogP contribution in [-0.4, -0.2) is 22.9 Å². The summed E-state index contributed by atoms with van der Waals surface area (Å²) in [6, 6.07) is 12.0. The van der Waals surface area contributed by atoms with Gasteiger partial charge in [0.1, 0.15) is 5.56 Å². The lowest BCUT2D eigenvalue weighted by Crippen LogP contribution is -2.33. The Labute approximate surface area is 182 Å². The van der Waals surface area contributed by atoms with Crippen molar-refractivity contribution < 1.29 is 18.4 Å². The molecule has 0 saturated heterocycles. The second-order valence-corrected chi connectivity index (χ2v) is 7.36. The third-order valence-electron chi connectivity index (χ3n) is 5.05. The van der Waals surface area contributed by atoms with Gasteiger partial charge in [-0.15, -0.1) is 0 Å². The molecule has 0 fully saturated rings. The Morgan fingerprint density at radius 1 is 1.09 bits per heavy atom. The highest BCUT2D eigenvalue weighted by atomic mass is 19.2. The first kappa shape index (κ1) is 21.2. The van der Waals surface area contributed by atoms with Crippen molar-refractivity contribution in [2.24, 2.45) is 0 Å². The number of fused-ring (bicyclic) bond motifs is 1. The van der Waals surface area contributed by atoms with Crippen LogP contribution in [-0.2, 0) is 17.8 Å². The quantitative estimate of drug-likeness (QED) is 0.625. The lowest BCUT2D eigenvalue weighted by molar-refractivity contribution is -0.115. The van der Waals surface area contributed by atoms with Crippen LogP contribution in [0.2, 0.25) is 0 Å². The molecule has 2 N–H and O–H groups in total. The third-order valence-corrected chi connectivity index (χ3v) is 5.05. The molecule has 4 rings (SSSR count). The van der Waals surface area contributed by atoms with Gasteiger partial charge in [0.25, 0.3) is 11.5 Å². The van der Waals surface area contributed by atoms with E-state index >= 15 is 0 Å². The molecule has 8 heteroatoms. The molecule has 2 aromatic carbocycles. The summed E-state index contributed by atoms with van der Waals surface area (Å²) >= 11 is 0. The summed E-state index contributed by atoms with van der Waals surface area (Å²) in [7, 11) is 0. The van der Waals surface area contributed by atoms with Gasteiger partial charge in [0.2, 0.25) is 5.91 Å². The number of nitrogens with one attached hydrogen (secondary N) is 2. The molecule has 2 amide bonds. The second-order valence-electron chi connectivity index (χ2n) is 7.36. The van der Waals surface area contributed by atoms with Crippen molar-refractivity contribution >= 4 is 23.6 Å². The maximum atomic E-state index is 13.4. The Balaban J connectivity index is 1.39. The van der Waals surface area contributed by atoms with E-state index in [1.54, 1.807) is 18.2 Å². The minimum absolute atomic E-state index is 0.00588. The number of halogens is 2. The van der Waals surface area contributed by atoms with Crippen molar-refractivity contribution in [2.75, 3.05) is 11.9 Å². The molecule has 1 aromatic heterocycles. The van der Waals surface area contributed by atoms with Crippen LogP contribution >= 0.6 is 0 Å². The van der Waals surface area contributed by atoms with Crippen LogP contribution in [0, 0.1) is 11.6 Å². The molecule has 6 nitrogen and oxygen atoms in total. The summed E-state index contributed by atoms with van der Waals surface area (Å²) in [6.07, 6.45) is 5.39. The Kier molecular flexibility index (Phi) is 5.93. The van der Waals surface area contributed by atoms with Gasteiger partial charge in [-0.2, -0.15) is 0 Å². The SMILES string of the molecule is O=C1Cc2ccc(C=CCNC(=O)c3cccn(Cc4ccc(F)c(F)c4)c3=O)cc2N1. The minimum Gasteiger partial charge on any atom is -0.348 e. The van der Waals surface area contributed by atoms with Crippen molar-refractivity contribution in [1.29, 1.82) is 0 Å². The number of nitrogens with zero attached hydrogens (tertiary/aromatic N) is 1. The fourth-order valence-electron chi connectivity index (χ4n) is 3.45. The smallest absolute Gasteiger partial charge is 0.263 e. The number of benzene rings is 2. The van der Waals surface area contributed by atoms with Gasteiger partial charge in [0.15, 0.2) is 11.6 Å². The Morgan fingerprint density at radius 2 is 1.94 bits per heavy atom. The number of anilines is 1. The predicted molar refractivity (Wildman–Crippen MR) is 116 cm³/mol. The van der Waals surface area contributed by atoms with Gasteiger partial charge in [-0.1, -0.05) is 30.4 Å². The number of hydrogen-bond donors (Lipinski definition) is 2. The standard InChI is InChI=1S/C24H19F2N3O3/c25-19-8-6-16(11-20(19)26)14-29-10-2-4-18(24(29)32)23(31)27-9-1-3-15-5-7-17-13-22(30)28-21(17)12-15/h1-8,10-12H,9,13-14H2,(H,27,31)(H,28,30). The first-order valence-electron chi connectivity index (χ1n) is 9.91. The van der Waals surface area contributed by atoms with Crippen molar-refractivity contribution in [3.63, 3.8) is 0 Å². The fourth-order valence-corrected chi connectivity index (χ4v) is 3.45. The molecule has 0 spiro atoms. The summed E-state index contributed by atoms with van der Waals surface area (Å²) in [5.41, 5.74) is 2.42. The Hall–Kier alpha value is -4.07. The molecule has 2 heterocycles. The van der Waals surface area contributed by atoms with Crippen LogP contribution in [0.1, 0.15) is 27.0 Å². The molecule has 0 saturated carbocycles. The van der Waals surface area contributed by atoms with Crippen molar-refractivity contribution in [3.05, 3.63) is 105 Å². The average molecular weight is 435 g/mol. The first-order chi connectivity index (χ1) is 15.4. The lowest BCUT2D eigenvalue weighted by Gasteiger charge is -2.09. The summed E-state index contributed by atoms with van der Waals surface area (Å²) in [5.74, 6) is -2.54. The average Bonchev–Trinajstić information content (AvgIpc) is 3.14. The molecular weight excluding hydrogens is 416 g/mol. The molecule has 32 heavy (non-hydrogen) atoms. The van der Waals surface area contributed by atoms with Crippen LogP contribution < -0.4 is 16.2 Å². The van der Waals surface area contributed by atoms with E-state index in [0.717, 1.165) is 28.9 Å². The zero-order valence-electron chi connectivity index (χ0n) is 16.9. The van der Waals surface area contributed by atoms with Crippen LogP contribution in [0.4, 0.5) is 14.5 Å². The van der Waals surface area contributed by atoms with Gasteiger partial charge < -0.3 is 15.2 Å². The molecule has 1 aliphatic heterocycles. The maximum absolute atomic E-state index is 13.4. The predicted octanol–water partition coefficient (Wildman–Crippen LogP) is 3.11. The van der Waals surface area contributed by atoms with Crippen LogP contribution in [0.25, 0.3) is 6.08 Å². The summed E-state index contributed by atoms with van der Waals surface area (Å²) in [5, 5.41) is 5.44. The maximum Gasteiger partial charge on any atom is 0.263 e. The molecule has 0 aliphatic carbocycles. The Bertz CT molecular complexity index is 1300. The number of rotatable bonds is 6. The first-order valence-corrected chi connectivity index (χ1v) is 9.91. The summed E-state index contributed by atoms with van der Waals surface area (Å²) in [6.45, 7) is 0.200. The number of aromatic nitrogens is 1. The van der Waals surface area contributed by atoms with Gasteiger partial charge in [-0.3, -0.25) is 14.4 Å². The van der Waals surface area contributed by atoms with Crippen molar-refractivity contribution in [2.45, 2.75) is 13.0 Å². The van der Waals surface area contributed by atoms with E-state index in [9.17, 15) is 23.2 Å². The summed E-state index contributed by atoms with van der Waals surface area (Å²) in [4.78, 5) is 36.5. The highest BCUT2D eigenvalue weighted by molar-refractivity contribution is 5.99. The Morgan fingerprint density at radius 3 is 2.75 bits per heavy atom. The number of hydrogen-bond acceptors (Lipinski definition) is 3. The van der Waals surface area contributed by atoms with E-state index in [0.29, 0.717) is 12.0 Å². The largest absolute Gasteiger partial charge is 0.348 e. The van der Waals surface area contributed by atoms with E-state index in [1.807, 2.05) is 18.2 Å². The van der Waals surface area contributed by atoms with Gasteiger partial charge in [0, 0.05) is 18.4 Å². The molecule has 0 bridgehead atoms. The zero-order chi connectivity index (χ0) is 22.7. The molecule has 3 aromatic rings. The molecular formula is C24H19F2N3O3. The summed E-state index contributed by atoms with van der Waals surface area (Å²) < 4.78 is 27.8. The van der Waals surface area contributed by atoms with E-state index in [4.69, 9.17) is 0 Å². The second kappa shape index (κ2) is 8.97. The molecule has 1 aliphatic rings. The minimum atomic E-state index is -0.998. The molecule has 0 radical (unpaired) electrons. The highest BCUT2D eigenvalue weighted by Crippen LogP contribution is 2.24. The number of pyridine rings is 1. The lowest BCUT2D eigenvalue weighted by atomic mass is 10.1. The van der Waals surface area contributed by atoms with Crippen LogP contribution in [0.15, 0.2) is 65.6 Å². The normalized spacial score (nSPS) is 12.6. The van der Waals surface area contributed by atoms with E-state index in [-0.39, 0.29) is 24.6 Å². The van der Waals surface area contributed by atoms with Crippen LogP contribution in [0.3, 0.4) is 0 Å². The van der Waals surface area contributed by atoms with E-state index in [2.05, 4.69) is 10.6 Å². The van der Waals surface area contributed by atoms with Crippen molar-refractivity contribution in [1.82, 2.24) is 9.88 Å². The van der Waals surface area contributed by atoms with Gasteiger partial charge >= 0.3 is 0 Å². The van der Waals surface area contributed by atoms with E-state index < -0.39 is 23.1 Å². The number of amides is 2. The number of carbonyl (C=O) groups is 2. The highest BCUT2D eigenvalue weighted by Gasteiger charge is 2.17. The van der Waals surface area contributed by atoms with Crippen molar-refractivity contribution in [3.8, 4) is 0 Å². The topological polar surface area (TPSA) is 80.2 Å². The zero-order valence-corrected chi connectivity index (χ0v) is 16.9. The number of carbonyl (C=O) groups excluding carboxylic acids is 2. The monoisotopic (exact) mass is 435 g/mol. The van der Waals surface area contributed by atoms with Gasteiger partial charge in [-0.25, -0.2) is 8.78 Å². The molecule has 0 atom stereocenters. The van der Waals surface area contributed by atoms with E-state index in [1.165, 1.54) is 22.9 Å². The third kappa shape index (κ3) is 4.64. The van der Waals surface area contributed by atoms with Gasteiger partial charge in [-0.05, 0) is 47.0 Å². The molecule has 162 valence electrons.